The fraction of sp³-hybridized carbons (Fsp3) is 0.316. The van der Waals surface area contributed by atoms with Crippen molar-refractivity contribution in [2.75, 3.05) is 26.7 Å². The summed E-state index contributed by atoms with van der Waals surface area (Å²) < 4.78 is 7.89. The molecule has 140 valence electrons. The molecular formula is C19H21N5O2S. The van der Waals surface area contributed by atoms with Crippen LogP contribution in [0.3, 0.4) is 0 Å². The van der Waals surface area contributed by atoms with Gasteiger partial charge < -0.3 is 15.4 Å². The molecule has 1 fully saturated rings. The SMILES string of the molecule is CN1CCOC(c2nc(-c3ccc(C(N)=O)cc3)nn2Cc2cccs2)C1. The molecule has 0 aliphatic carbocycles. The van der Waals surface area contributed by atoms with E-state index in [9.17, 15) is 4.79 Å². The predicted molar refractivity (Wildman–Crippen MR) is 104 cm³/mol. The lowest BCUT2D eigenvalue weighted by molar-refractivity contribution is -0.0274. The summed E-state index contributed by atoms with van der Waals surface area (Å²) in [5, 5.41) is 6.78. The molecule has 1 amide bonds. The summed E-state index contributed by atoms with van der Waals surface area (Å²) >= 11 is 1.69. The molecule has 8 heteroatoms. The number of nitrogens with zero attached hydrogens (tertiary/aromatic N) is 4. The van der Waals surface area contributed by atoms with E-state index in [0.717, 1.165) is 24.5 Å². The third-order valence-corrected chi connectivity index (χ3v) is 5.43. The number of primary amides is 1. The van der Waals surface area contributed by atoms with Crippen molar-refractivity contribution in [1.29, 1.82) is 0 Å². The lowest BCUT2D eigenvalue weighted by atomic mass is 10.1. The molecule has 4 rings (SSSR count). The lowest BCUT2D eigenvalue weighted by Crippen LogP contribution is -2.36. The zero-order valence-corrected chi connectivity index (χ0v) is 15.9. The predicted octanol–water partition coefficient (Wildman–Crippen LogP) is 2.16. The van der Waals surface area contributed by atoms with Gasteiger partial charge in [0, 0.05) is 29.1 Å². The Hall–Kier alpha value is -2.55. The van der Waals surface area contributed by atoms with E-state index in [1.807, 2.05) is 22.9 Å². The first-order valence-electron chi connectivity index (χ1n) is 8.77. The number of morpholine rings is 1. The highest BCUT2D eigenvalue weighted by Gasteiger charge is 2.26. The van der Waals surface area contributed by atoms with E-state index in [1.54, 1.807) is 23.5 Å². The van der Waals surface area contributed by atoms with Crippen LogP contribution in [-0.4, -0.2) is 52.3 Å². The van der Waals surface area contributed by atoms with Crippen LogP contribution in [0, 0.1) is 0 Å². The van der Waals surface area contributed by atoms with Crippen LogP contribution in [0.25, 0.3) is 11.4 Å². The number of thiophene rings is 1. The van der Waals surface area contributed by atoms with Gasteiger partial charge in [-0.3, -0.25) is 4.79 Å². The van der Waals surface area contributed by atoms with E-state index in [1.165, 1.54) is 4.88 Å². The largest absolute Gasteiger partial charge is 0.368 e. The lowest BCUT2D eigenvalue weighted by Gasteiger charge is -2.29. The first-order chi connectivity index (χ1) is 13.1. The number of amides is 1. The van der Waals surface area contributed by atoms with E-state index in [2.05, 4.69) is 23.4 Å². The summed E-state index contributed by atoms with van der Waals surface area (Å²) in [6.07, 6.45) is -0.116. The fourth-order valence-corrected chi connectivity index (χ4v) is 3.78. The number of nitrogens with two attached hydrogens (primary N) is 1. The Labute approximate surface area is 161 Å². The van der Waals surface area contributed by atoms with Crippen LogP contribution >= 0.6 is 11.3 Å². The number of hydrogen-bond acceptors (Lipinski definition) is 6. The molecule has 27 heavy (non-hydrogen) atoms. The molecule has 0 saturated carbocycles. The van der Waals surface area contributed by atoms with Crippen LogP contribution in [0.2, 0.25) is 0 Å². The van der Waals surface area contributed by atoms with Crippen molar-refractivity contribution >= 4 is 17.2 Å². The zero-order valence-electron chi connectivity index (χ0n) is 15.0. The highest BCUT2D eigenvalue weighted by atomic mass is 32.1. The third-order valence-electron chi connectivity index (χ3n) is 4.57. The highest BCUT2D eigenvalue weighted by Crippen LogP contribution is 2.25. The van der Waals surface area contributed by atoms with Crippen molar-refractivity contribution in [1.82, 2.24) is 19.7 Å². The second-order valence-electron chi connectivity index (χ2n) is 6.59. The van der Waals surface area contributed by atoms with Crippen molar-refractivity contribution in [3.63, 3.8) is 0 Å². The normalized spacial score (nSPS) is 17.9. The van der Waals surface area contributed by atoms with Crippen LogP contribution in [-0.2, 0) is 11.3 Å². The Morgan fingerprint density at radius 3 is 2.81 bits per heavy atom. The molecule has 0 radical (unpaired) electrons. The fourth-order valence-electron chi connectivity index (χ4n) is 3.10. The number of ether oxygens (including phenoxy) is 1. The minimum Gasteiger partial charge on any atom is -0.368 e. The smallest absolute Gasteiger partial charge is 0.248 e. The molecule has 1 unspecified atom stereocenters. The van der Waals surface area contributed by atoms with Crippen LogP contribution < -0.4 is 5.73 Å². The molecule has 3 aromatic rings. The minimum absolute atomic E-state index is 0.116. The summed E-state index contributed by atoms with van der Waals surface area (Å²) in [4.78, 5) is 19.5. The van der Waals surface area contributed by atoms with Crippen LogP contribution in [0.1, 0.15) is 27.2 Å². The van der Waals surface area contributed by atoms with E-state index < -0.39 is 5.91 Å². The molecule has 1 aliphatic heterocycles. The molecule has 2 aromatic heterocycles. The molecule has 2 N–H and O–H groups in total. The van der Waals surface area contributed by atoms with Crippen molar-refractivity contribution in [3.05, 3.63) is 58.0 Å². The number of hydrogen-bond donors (Lipinski definition) is 1. The van der Waals surface area contributed by atoms with E-state index in [4.69, 9.17) is 20.6 Å². The van der Waals surface area contributed by atoms with Crippen LogP contribution in [0.15, 0.2) is 41.8 Å². The topological polar surface area (TPSA) is 86.3 Å². The van der Waals surface area contributed by atoms with Crippen molar-refractivity contribution < 1.29 is 9.53 Å². The Balaban J connectivity index is 1.69. The van der Waals surface area contributed by atoms with Crippen molar-refractivity contribution in [2.45, 2.75) is 12.6 Å². The number of benzene rings is 1. The zero-order chi connectivity index (χ0) is 18.8. The molecule has 0 spiro atoms. The Morgan fingerprint density at radius 1 is 1.33 bits per heavy atom. The minimum atomic E-state index is -0.447. The van der Waals surface area contributed by atoms with E-state index >= 15 is 0 Å². The molecule has 1 aliphatic rings. The summed E-state index contributed by atoms with van der Waals surface area (Å²) in [6, 6.07) is 11.2. The molecule has 1 saturated heterocycles. The number of carbonyl (C=O) groups excluding carboxylic acids is 1. The number of rotatable bonds is 5. The molecule has 0 bridgehead atoms. The van der Waals surface area contributed by atoms with Gasteiger partial charge in [-0.05, 0) is 30.6 Å². The molecule has 1 aromatic carbocycles. The van der Waals surface area contributed by atoms with Crippen LogP contribution in [0.5, 0.6) is 0 Å². The van der Waals surface area contributed by atoms with Gasteiger partial charge in [-0.15, -0.1) is 11.3 Å². The number of carbonyl (C=O) groups is 1. The second kappa shape index (κ2) is 7.59. The Bertz CT molecular complexity index is 920. The highest BCUT2D eigenvalue weighted by molar-refractivity contribution is 7.09. The van der Waals surface area contributed by atoms with Gasteiger partial charge in [-0.25, -0.2) is 9.67 Å². The van der Waals surface area contributed by atoms with Gasteiger partial charge in [-0.2, -0.15) is 5.10 Å². The Kier molecular flexibility index (Phi) is 5.02. The first-order valence-corrected chi connectivity index (χ1v) is 9.65. The van der Waals surface area contributed by atoms with Crippen LogP contribution in [0.4, 0.5) is 0 Å². The summed E-state index contributed by atoms with van der Waals surface area (Å²) in [5.74, 6) is 0.996. The molecule has 3 heterocycles. The summed E-state index contributed by atoms with van der Waals surface area (Å²) in [5.41, 5.74) is 6.63. The average Bonchev–Trinajstić information content (AvgIpc) is 3.32. The van der Waals surface area contributed by atoms with Gasteiger partial charge in [0.1, 0.15) is 6.10 Å². The number of aromatic nitrogens is 3. The first kappa shape index (κ1) is 17.8. The average molecular weight is 383 g/mol. The van der Waals surface area contributed by atoms with Gasteiger partial charge in [0.25, 0.3) is 0 Å². The molecule has 7 nitrogen and oxygen atoms in total. The number of likely N-dealkylation sites (N-methyl/N-ethyl adjacent to an activating group) is 1. The van der Waals surface area contributed by atoms with Gasteiger partial charge in [-0.1, -0.05) is 18.2 Å². The summed E-state index contributed by atoms with van der Waals surface area (Å²) in [6.45, 7) is 3.03. The standard InChI is InChI=1S/C19H21N5O2S/c1-23-8-9-26-16(12-23)19-21-18(14-6-4-13(5-7-14)17(20)25)22-24(19)11-15-3-2-10-27-15/h2-7,10,16H,8-9,11-12H2,1H3,(H2,20,25). The molecule has 1 atom stereocenters. The monoisotopic (exact) mass is 383 g/mol. The quantitative estimate of drug-likeness (QED) is 0.730. The van der Waals surface area contributed by atoms with Gasteiger partial charge in [0.2, 0.25) is 5.91 Å². The van der Waals surface area contributed by atoms with Gasteiger partial charge in [0.05, 0.1) is 13.2 Å². The van der Waals surface area contributed by atoms with E-state index in [-0.39, 0.29) is 6.10 Å². The summed E-state index contributed by atoms with van der Waals surface area (Å²) in [7, 11) is 2.08. The second-order valence-corrected chi connectivity index (χ2v) is 7.63. The van der Waals surface area contributed by atoms with Crippen molar-refractivity contribution in [3.8, 4) is 11.4 Å². The maximum absolute atomic E-state index is 11.3. The maximum atomic E-state index is 11.3. The van der Waals surface area contributed by atoms with Gasteiger partial charge >= 0.3 is 0 Å². The maximum Gasteiger partial charge on any atom is 0.248 e. The molecular weight excluding hydrogens is 362 g/mol. The van der Waals surface area contributed by atoms with Crippen molar-refractivity contribution in [2.24, 2.45) is 5.73 Å². The van der Waals surface area contributed by atoms with Gasteiger partial charge in [0.15, 0.2) is 11.6 Å². The third kappa shape index (κ3) is 3.92. The van der Waals surface area contributed by atoms with E-state index in [0.29, 0.717) is 24.5 Å². The Morgan fingerprint density at radius 2 is 2.15 bits per heavy atom.